The number of nitrogens with one attached hydrogen (secondary N) is 1. The minimum Gasteiger partial charge on any atom is -0.465 e. The molecule has 0 aromatic heterocycles. The fourth-order valence-electron chi connectivity index (χ4n) is 2.12. The number of carbonyl (C=O) groups excluding carboxylic acids is 1. The summed E-state index contributed by atoms with van der Waals surface area (Å²) in [7, 11) is 0. The lowest BCUT2D eigenvalue weighted by Gasteiger charge is -2.27. The third-order valence-electron chi connectivity index (χ3n) is 3.06. The molecule has 14 heavy (non-hydrogen) atoms. The highest BCUT2D eigenvalue weighted by molar-refractivity contribution is 5.71. The largest absolute Gasteiger partial charge is 0.465 e. The Kier molecular flexibility index (Phi) is 3.93. The van der Waals surface area contributed by atoms with Gasteiger partial charge in [-0.25, -0.2) is 0 Å². The van der Waals surface area contributed by atoms with Crippen LogP contribution in [0.2, 0.25) is 0 Å². The molecule has 1 atom stereocenters. The van der Waals surface area contributed by atoms with Crippen molar-refractivity contribution in [2.24, 2.45) is 5.41 Å². The van der Waals surface area contributed by atoms with Crippen LogP contribution in [0.15, 0.2) is 0 Å². The summed E-state index contributed by atoms with van der Waals surface area (Å²) in [5.41, 5.74) is 0.326. The van der Waals surface area contributed by atoms with E-state index in [4.69, 9.17) is 4.74 Å². The maximum Gasteiger partial charge on any atom is 0.319 e. The van der Waals surface area contributed by atoms with Crippen molar-refractivity contribution in [2.45, 2.75) is 46.1 Å². The third kappa shape index (κ3) is 2.98. The lowest BCUT2D eigenvalue weighted by Crippen LogP contribution is -2.40. The van der Waals surface area contributed by atoms with Crippen molar-refractivity contribution in [3.8, 4) is 0 Å². The third-order valence-corrected chi connectivity index (χ3v) is 3.06. The molecule has 1 rings (SSSR count). The predicted molar refractivity (Wildman–Crippen MR) is 56.1 cm³/mol. The second kappa shape index (κ2) is 4.78. The van der Waals surface area contributed by atoms with Gasteiger partial charge in [0.15, 0.2) is 0 Å². The van der Waals surface area contributed by atoms with Gasteiger partial charge in [0.1, 0.15) is 0 Å². The zero-order valence-electron chi connectivity index (χ0n) is 9.43. The van der Waals surface area contributed by atoms with Crippen LogP contribution in [0.5, 0.6) is 0 Å². The van der Waals surface area contributed by atoms with E-state index in [1.54, 1.807) is 0 Å². The number of hydrogen-bond acceptors (Lipinski definition) is 3. The van der Waals surface area contributed by atoms with Gasteiger partial charge in [0.05, 0.1) is 13.2 Å². The first kappa shape index (κ1) is 11.5. The van der Waals surface area contributed by atoms with Crippen LogP contribution < -0.4 is 5.32 Å². The standard InChI is InChI=1S/C11H21NO2/c1-4-14-10(13)8-12-9-6-5-7-11(9,2)3/h9,12H,4-8H2,1-3H3. The van der Waals surface area contributed by atoms with E-state index in [-0.39, 0.29) is 5.97 Å². The summed E-state index contributed by atoms with van der Waals surface area (Å²) in [6, 6.07) is 0.465. The molecule has 0 saturated heterocycles. The quantitative estimate of drug-likeness (QED) is 0.701. The molecule has 0 radical (unpaired) electrons. The molecule has 1 aliphatic rings. The molecule has 3 heteroatoms. The van der Waals surface area contributed by atoms with Gasteiger partial charge < -0.3 is 10.1 Å². The van der Waals surface area contributed by atoms with Crippen molar-refractivity contribution in [1.29, 1.82) is 0 Å². The Morgan fingerprint density at radius 1 is 1.57 bits per heavy atom. The van der Waals surface area contributed by atoms with Gasteiger partial charge in [-0.05, 0) is 25.2 Å². The first-order valence-corrected chi connectivity index (χ1v) is 5.45. The Balaban J connectivity index is 2.27. The summed E-state index contributed by atoms with van der Waals surface area (Å²) in [4.78, 5) is 11.1. The molecule has 0 aliphatic heterocycles. The molecule has 3 nitrogen and oxygen atoms in total. The van der Waals surface area contributed by atoms with E-state index in [2.05, 4.69) is 19.2 Å². The molecule has 1 aliphatic carbocycles. The van der Waals surface area contributed by atoms with Crippen LogP contribution in [0.25, 0.3) is 0 Å². The van der Waals surface area contributed by atoms with Gasteiger partial charge in [0, 0.05) is 6.04 Å². The molecule has 1 N–H and O–H groups in total. The molecule has 0 aromatic carbocycles. The zero-order chi connectivity index (χ0) is 10.6. The monoisotopic (exact) mass is 199 g/mol. The van der Waals surface area contributed by atoms with Gasteiger partial charge in [-0.3, -0.25) is 4.79 Å². The molecular formula is C11H21NO2. The smallest absolute Gasteiger partial charge is 0.319 e. The Morgan fingerprint density at radius 3 is 2.79 bits per heavy atom. The summed E-state index contributed by atoms with van der Waals surface area (Å²) in [6.07, 6.45) is 3.67. The average Bonchev–Trinajstić information content (AvgIpc) is 2.42. The number of ether oxygens (including phenoxy) is 1. The zero-order valence-corrected chi connectivity index (χ0v) is 9.43. The van der Waals surface area contributed by atoms with Gasteiger partial charge in [-0.1, -0.05) is 20.3 Å². The van der Waals surface area contributed by atoms with Gasteiger partial charge in [-0.2, -0.15) is 0 Å². The van der Waals surface area contributed by atoms with Crippen LogP contribution in [0.4, 0.5) is 0 Å². The molecular weight excluding hydrogens is 178 g/mol. The molecule has 0 spiro atoms. The fourth-order valence-corrected chi connectivity index (χ4v) is 2.12. The predicted octanol–water partition coefficient (Wildman–Crippen LogP) is 1.72. The molecule has 1 fully saturated rings. The number of hydrogen-bond donors (Lipinski definition) is 1. The van der Waals surface area contributed by atoms with E-state index in [9.17, 15) is 4.79 Å². The normalized spacial score (nSPS) is 24.9. The summed E-state index contributed by atoms with van der Waals surface area (Å²) >= 11 is 0. The van der Waals surface area contributed by atoms with E-state index < -0.39 is 0 Å². The average molecular weight is 199 g/mol. The highest BCUT2D eigenvalue weighted by Gasteiger charge is 2.34. The van der Waals surface area contributed by atoms with Gasteiger partial charge in [0.25, 0.3) is 0 Å². The Hall–Kier alpha value is -0.570. The maximum absolute atomic E-state index is 11.1. The summed E-state index contributed by atoms with van der Waals surface area (Å²) in [6.45, 7) is 7.15. The molecule has 0 bridgehead atoms. The van der Waals surface area contributed by atoms with Crippen molar-refractivity contribution in [3.63, 3.8) is 0 Å². The Bertz CT molecular complexity index is 201. The van der Waals surface area contributed by atoms with E-state index in [1.807, 2.05) is 6.92 Å². The van der Waals surface area contributed by atoms with Crippen LogP contribution in [-0.4, -0.2) is 25.2 Å². The topological polar surface area (TPSA) is 38.3 Å². The van der Waals surface area contributed by atoms with Crippen molar-refractivity contribution in [3.05, 3.63) is 0 Å². The molecule has 0 aromatic rings. The number of carbonyl (C=O) groups is 1. The molecule has 1 unspecified atom stereocenters. The van der Waals surface area contributed by atoms with Crippen LogP contribution in [0, 0.1) is 5.41 Å². The first-order chi connectivity index (χ1) is 6.56. The minimum absolute atomic E-state index is 0.143. The summed E-state index contributed by atoms with van der Waals surface area (Å²) < 4.78 is 4.87. The van der Waals surface area contributed by atoms with E-state index in [0.717, 1.165) is 0 Å². The molecule has 1 saturated carbocycles. The van der Waals surface area contributed by atoms with Gasteiger partial charge >= 0.3 is 5.97 Å². The fraction of sp³-hybridized carbons (Fsp3) is 0.909. The maximum atomic E-state index is 11.1. The van der Waals surface area contributed by atoms with Crippen molar-refractivity contribution in [1.82, 2.24) is 5.32 Å². The lowest BCUT2D eigenvalue weighted by atomic mass is 9.87. The minimum atomic E-state index is -0.143. The van der Waals surface area contributed by atoms with Crippen LogP contribution in [-0.2, 0) is 9.53 Å². The SMILES string of the molecule is CCOC(=O)CNC1CCCC1(C)C. The molecule has 0 heterocycles. The first-order valence-electron chi connectivity index (χ1n) is 5.45. The van der Waals surface area contributed by atoms with Crippen LogP contribution in [0.3, 0.4) is 0 Å². The van der Waals surface area contributed by atoms with Crippen molar-refractivity contribution in [2.75, 3.05) is 13.2 Å². The van der Waals surface area contributed by atoms with E-state index in [1.165, 1.54) is 19.3 Å². The second-order valence-electron chi connectivity index (χ2n) is 4.62. The van der Waals surface area contributed by atoms with Crippen molar-refractivity contribution < 1.29 is 9.53 Å². The molecule has 0 amide bonds. The molecule has 82 valence electrons. The van der Waals surface area contributed by atoms with Gasteiger partial charge in [0.2, 0.25) is 0 Å². The summed E-state index contributed by atoms with van der Waals surface area (Å²) in [5.74, 6) is -0.143. The second-order valence-corrected chi connectivity index (χ2v) is 4.62. The highest BCUT2D eigenvalue weighted by atomic mass is 16.5. The van der Waals surface area contributed by atoms with Gasteiger partial charge in [-0.15, -0.1) is 0 Å². The van der Waals surface area contributed by atoms with Crippen LogP contribution >= 0.6 is 0 Å². The lowest BCUT2D eigenvalue weighted by molar-refractivity contribution is -0.142. The van der Waals surface area contributed by atoms with Crippen molar-refractivity contribution >= 4 is 5.97 Å². The number of esters is 1. The van der Waals surface area contributed by atoms with E-state index in [0.29, 0.717) is 24.6 Å². The number of rotatable bonds is 4. The van der Waals surface area contributed by atoms with Crippen LogP contribution in [0.1, 0.15) is 40.0 Å². The Labute approximate surface area is 86.2 Å². The highest BCUT2D eigenvalue weighted by Crippen LogP contribution is 2.36. The Morgan fingerprint density at radius 2 is 2.29 bits per heavy atom. The van der Waals surface area contributed by atoms with E-state index >= 15 is 0 Å². The summed E-state index contributed by atoms with van der Waals surface area (Å²) in [5, 5.41) is 3.28.